The summed E-state index contributed by atoms with van der Waals surface area (Å²) in [6.07, 6.45) is 0.762. The number of fused-ring (bicyclic) bond motifs is 1. The molecule has 1 aromatic rings. The summed E-state index contributed by atoms with van der Waals surface area (Å²) in [5, 5.41) is 6.07. The molecule has 1 amide bonds. The van der Waals surface area contributed by atoms with Gasteiger partial charge < -0.3 is 10.6 Å². The van der Waals surface area contributed by atoms with Gasteiger partial charge in [0.05, 0.1) is 0 Å². The number of carbonyl (C=O) groups is 1. The van der Waals surface area contributed by atoms with Crippen LogP contribution in [-0.2, 0) is 11.2 Å². The van der Waals surface area contributed by atoms with E-state index in [1.165, 1.54) is 5.56 Å². The highest BCUT2D eigenvalue weighted by Gasteiger charge is 2.25. The van der Waals surface area contributed by atoms with E-state index in [0.29, 0.717) is 6.54 Å². The van der Waals surface area contributed by atoms with Crippen LogP contribution in [0, 0.1) is 0 Å². The first-order chi connectivity index (χ1) is 7.66. The maximum absolute atomic E-state index is 11.8. The molecule has 2 N–H and O–H groups in total. The third kappa shape index (κ3) is 2.24. The predicted octanol–water partition coefficient (Wildman–Crippen LogP) is 1.72. The van der Waals surface area contributed by atoms with Crippen LogP contribution in [0.15, 0.2) is 36.4 Å². The smallest absolute Gasteiger partial charge is 0.243 e. The van der Waals surface area contributed by atoms with E-state index in [1.807, 2.05) is 31.2 Å². The van der Waals surface area contributed by atoms with E-state index < -0.39 is 0 Å². The van der Waals surface area contributed by atoms with E-state index in [4.69, 9.17) is 0 Å². The highest BCUT2D eigenvalue weighted by Crippen LogP contribution is 2.24. The standard InChI is InChI=1S/C13H16N2O/c1-9(2)8-14-13(16)12-7-10-5-3-4-6-11(10)15-12/h3-6,12,15H,1,7-8H2,2H3,(H,14,16)/t12-/m0/s1. The van der Waals surface area contributed by atoms with E-state index in [-0.39, 0.29) is 11.9 Å². The minimum Gasteiger partial charge on any atom is -0.373 e. The maximum atomic E-state index is 11.8. The lowest BCUT2D eigenvalue weighted by molar-refractivity contribution is -0.121. The Bertz CT molecular complexity index is 401. The molecule has 0 aromatic heterocycles. The zero-order chi connectivity index (χ0) is 11.5. The lowest BCUT2D eigenvalue weighted by Gasteiger charge is -2.11. The summed E-state index contributed by atoms with van der Waals surface area (Å²) in [5.41, 5.74) is 3.24. The predicted molar refractivity (Wildman–Crippen MR) is 65.4 cm³/mol. The van der Waals surface area contributed by atoms with Gasteiger partial charge in [-0.25, -0.2) is 0 Å². The normalized spacial score (nSPS) is 17.4. The van der Waals surface area contributed by atoms with Crippen molar-refractivity contribution in [1.29, 1.82) is 0 Å². The number of benzene rings is 1. The fourth-order valence-electron chi connectivity index (χ4n) is 1.82. The number of anilines is 1. The van der Waals surface area contributed by atoms with E-state index in [0.717, 1.165) is 17.7 Å². The number of nitrogens with one attached hydrogen (secondary N) is 2. The molecule has 0 aliphatic carbocycles. The van der Waals surface area contributed by atoms with E-state index >= 15 is 0 Å². The van der Waals surface area contributed by atoms with E-state index in [2.05, 4.69) is 17.2 Å². The molecule has 0 bridgehead atoms. The van der Waals surface area contributed by atoms with Gasteiger partial charge >= 0.3 is 0 Å². The van der Waals surface area contributed by atoms with Gasteiger partial charge in [-0.05, 0) is 18.6 Å². The molecule has 3 heteroatoms. The first kappa shape index (κ1) is 10.7. The highest BCUT2D eigenvalue weighted by atomic mass is 16.2. The Hall–Kier alpha value is -1.77. The Kier molecular flexibility index (Phi) is 2.95. The van der Waals surface area contributed by atoms with Crippen molar-refractivity contribution >= 4 is 11.6 Å². The maximum Gasteiger partial charge on any atom is 0.243 e. The summed E-state index contributed by atoms with van der Waals surface area (Å²) >= 11 is 0. The molecule has 0 saturated heterocycles. The van der Waals surface area contributed by atoms with Gasteiger partial charge in [-0.3, -0.25) is 4.79 Å². The summed E-state index contributed by atoms with van der Waals surface area (Å²) < 4.78 is 0. The molecule has 0 saturated carbocycles. The van der Waals surface area contributed by atoms with Crippen molar-refractivity contribution in [2.45, 2.75) is 19.4 Å². The Morgan fingerprint density at radius 1 is 1.56 bits per heavy atom. The molecular weight excluding hydrogens is 200 g/mol. The monoisotopic (exact) mass is 216 g/mol. The zero-order valence-electron chi connectivity index (χ0n) is 9.42. The molecule has 1 heterocycles. The lowest BCUT2D eigenvalue weighted by Crippen LogP contribution is -2.39. The molecule has 2 rings (SSSR count). The second-order valence-electron chi connectivity index (χ2n) is 4.23. The number of para-hydroxylation sites is 1. The number of amides is 1. The van der Waals surface area contributed by atoms with Crippen molar-refractivity contribution in [2.24, 2.45) is 0 Å². The molecule has 16 heavy (non-hydrogen) atoms. The second kappa shape index (κ2) is 4.39. The third-order valence-corrected chi connectivity index (χ3v) is 2.65. The van der Waals surface area contributed by atoms with Gasteiger partial charge in [-0.2, -0.15) is 0 Å². The van der Waals surface area contributed by atoms with Crippen LogP contribution in [-0.4, -0.2) is 18.5 Å². The Morgan fingerprint density at radius 3 is 3.00 bits per heavy atom. The van der Waals surface area contributed by atoms with Gasteiger partial charge in [0.2, 0.25) is 5.91 Å². The molecule has 1 aliphatic rings. The number of hydrogen-bond acceptors (Lipinski definition) is 2. The lowest BCUT2D eigenvalue weighted by atomic mass is 10.1. The second-order valence-corrected chi connectivity index (χ2v) is 4.23. The van der Waals surface area contributed by atoms with Crippen LogP contribution in [0.1, 0.15) is 12.5 Å². The Morgan fingerprint density at radius 2 is 2.31 bits per heavy atom. The van der Waals surface area contributed by atoms with E-state index in [1.54, 1.807) is 0 Å². The fourth-order valence-corrected chi connectivity index (χ4v) is 1.82. The SMILES string of the molecule is C=C(C)CNC(=O)[C@@H]1Cc2ccccc2N1. The van der Waals surface area contributed by atoms with Crippen LogP contribution < -0.4 is 10.6 Å². The molecule has 0 unspecified atom stereocenters. The molecule has 1 atom stereocenters. The average molecular weight is 216 g/mol. The third-order valence-electron chi connectivity index (χ3n) is 2.65. The van der Waals surface area contributed by atoms with Crippen molar-refractivity contribution in [3.8, 4) is 0 Å². The van der Waals surface area contributed by atoms with Crippen LogP contribution in [0.4, 0.5) is 5.69 Å². The molecule has 1 aliphatic heterocycles. The summed E-state index contributed by atoms with van der Waals surface area (Å²) in [6, 6.07) is 7.88. The molecule has 0 radical (unpaired) electrons. The summed E-state index contributed by atoms with van der Waals surface area (Å²) in [5.74, 6) is 0.0409. The van der Waals surface area contributed by atoms with Crippen LogP contribution in [0.3, 0.4) is 0 Å². The first-order valence-electron chi connectivity index (χ1n) is 5.43. The topological polar surface area (TPSA) is 41.1 Å². The van der Waals surface area contributed by atoms with Crippen molar-refractivity contribution in [2.75, 3.05) is 11.9 Å². The average Bonchev–Trinajstić information content (AvgIpc) is 2.69. The van der Waals surface area contributed by atoms with Crippen LogP contribution >= 0.6 is 0 Å². The molecule has 0 spiro atoms. The highest BCUT2D eigenvalue weighted by molar-refractivity contribution is 5.87. The van der Waals surface area contributed by atoms with Gasteiger partial charge in [0.25, 0.3) is 0 Å². The fraction of sp³-hybridized carbons (Fsp3) is 0.308. The van der Waals surface area contributed by atoms with E-state index in [9.17, 15) is 4.79 Å². The largest absolute Gasteiger partial charge is 0.373 e. The quantitative estimate of drug-likeness (QED) is 0.755. The van der Waals surface area contributed by atoms with Crippen LogP contribution in [0.25, 0.3) is 0 Å². The van der Waals surface area contributed by atoms with Gasteiger partial charge in [0.1, 0.15) is 6.04 Å². The van der Waals surface area contributed by atoms with Crippen LogP contribution in [0.2, 0.25) is 0 Å². The molecule has 84 valence electrons. The van der Waals surface area contributed by atoms with Gasteiger partial charge in [-0.1, -0.05) is 30.4 Å². The Labute approximate surface area is 95.6 Å². The summed E-state index contributed by atoms with van der Waals surface area (Å²) in [4.78, 5) is 11.8. The zero-order valence-corrected chi connectivity index (χ0v) is 9.42. The Balaban J connectivity index is 1.96. The number of hydrogen-bond donors (Lipinski definition) is 2. The number of rotatable bonds is 3. The van der Waals surface area contributed by atoms with Crippen LogP contribution in [0.5, 0.6) is 0 Å². The molecule has 3 nitrogen and oxygen atoms in total. The van der Waals surface area contributed by atoms with Gasteiger partial charge in [-0.15, -0.1) is 0 Å². The summed E-state index contributed by atoms with van der Waals surface area (Å²) in [6.45, 7) is 6.21. The van der Waals surface area contributed by atoms with Gasteiger partial charge in [0.15, 0.2) is 0 Å². The van der Waals surface area contributed by atoms with Crippen molar-refractivity contribution in [3.63, 3.8) is 0 Å². The summed E-state index contributed by atoms with van der Waals surface area (Å²) in [7, 11) is 0. The van der Waals surface area contributed by atoms with Crippen molar-refractivity contribution < 1.29 is 4.79 Å². The van der Waals surface area contributed by atoms with Crippen molar-refractivity contribution in [1.82, 2.24) is 5.32 Å². The van der Waals surface area contributed by atoms with Crippen molar-refractivity contribution in [3.05, 3.63) is 42.0 Å². The molecule has 1 aromatic carbocycles. The molecular formula is C13H16N2O. The molecule has 0 fully saturated rings. The van der Waals surface area contributed by atoms with Gasteiger partial charge in [0, 0.05) is 18.7 Å². The number of carbonyl (C=O) groups excluding carboxylic acids is 1. The minimum absolute atomic E-state index is 0.0409. The first-order valence-corrected chi connectivity index (χ1v) is 5.43. The minimum atomic E-state index is -0.142.